The first-order chi connectivity index (χ1) is 12.6. The standard InChI is InChI=1S/C22H36O4/c1-3-5-7-8-9-10-19(23)17-20(24)13-11-18-12-14-22(21(25)16-18)26-15-6-4-2/h12,14,16,19,23,25H,3-11,13,15,17H2,1-2H3. The van der Waals surface area contributed by atoms with E-state index in [1.165, 1.54) is 19.3 Å². The lowest BCUT2D eigenvalue weighted by atomic mass is 10.0. The van der Waals surface area contributed by atoms with Crippen LogP contribution in [0, 0.1) is 0 Å². The summed E-state index contributed by atoms with van der Waals surface area (Å²) in [6.07, 6.45) is 9.16. The van der Waals surface area contributed by atoms with Crippen LogP contribution in [0.15, 0.2) is 18.2 Å². The maximum atomic E-state index is 12.0. The van der Waals surface area contributed by atoms with Crippen LogP contribution in [-0.2, 0) is 11.2 Å². The number of phenols is 1. The molecule has 1 unspecified atom stereocenters. The van der Waals surface area contributed by atoms with Crippen LogP contribution in [0.3, 0.4) is 0 Å². The number of hydrogen-bond acceptors (Lipinski definition) is 4. The molecule has 0 aliphatic carbocycles. The Kier molecular flexibility index (Phi) is 11.8. The van der Waals surface area contributed by atoms with Gasteiger partial charge in [-0.25, -0.2) is 0 Å². The monoisotopic (exact) mass is 364 g/mol. The van der Waals surface area contributed by atoms with Crippen LogP contribution in [0.5, 0.6) is 11.5 Å². The van der Waals surface area contributed by atoms with Gasteiger partial charge in [-0.05, 0) is 37.0 Å². The Morgan fingerprint density at radius 3 is 2.50 bits per heavy atom. The highest BCUT2D eigenvalue weighted by Crippen LogP contribution is 2.27. The molecule has 0 aromatic heterocycles. The maximum absolute atomic E-state index is 12.0. The first-order valence-electron chi connectivity index (χ1n) is 10.2. The zero-order valence-corrected chi connectivity index (χ0v) is 16.5. The largest absolute Gasteiger partial charge is 0.504 e. The lowest BCUT2D eigenvalue weighted by Gasteiger charge is -2.11. The molecule has 1 atom stereocenters. The van der Waals surface area contributed by atoms with Gasteiger partial charge >= 0.3 is 0 Å². The summed E-state index contributed by atoms with van der Waals surface area (Å²) in [5, 5.41) is 20.0. The number of unbranched alkanes of at least 4 members (excludes halogenated alkanes) is 5. The molecule has 1 aromatic rings. The first-order valence-corrected chi connectivity index (χ1v) is 10.2. The summed E-state index contributed by atoms with van der Waals surface area (Å²) < 4.78 is 5.52. The van der Waals surface area contributed by atoms with Gasteiger partial charge in [0.05, 0.1) is 12.7 Å². The number of aromatic hydroxyl groups is 1. The van der Waals surface area contributed by atoms with Gasteiger partial charge in [0.1, 0.15) is 5.78 Å². The van der Waals surface area contributed by atoms with Gasteiger partial charge in [-0.2, -0.15) is 0 Å². The van der Waals surface area contributed by atoms with E-state index >= 15 is 0 Å². The predicted octanol–water partition coefficient (Wildman–Crippen LogP) is 5.18. The average molecular weight is 365 g/mol. The number of carbonyl (C=O) groups excluding carboxylic acids is 1. The van der Waals surface area contributed by atoms with Crippen LogP contribution >= 0.6 is 0 Å². The van der Waals surface area contributed by atoms with E-state index in [2.05, 4.69) is 13.8 Å². The number of carbonyl (C=O) groups is 1. The van der Waals surface area contributed by atoms with E-state index in [-0.39, 0.29) is 18.0 Å². The second kappa shape index (κ2) is 13.6. The lowest BCUT2D eigenvalue weighted by molar-refractivity contribution is -0.121. The van der Waals surface area contributed by atoms with Gasteiger partial charge in [0.25, 0.3) is 0 Å². The van der Waals surface area contributed by atoms with E-state index < -0.39 is 6.10 Å². The minimum atomic E-state index is -0.521. The third-order valence-corrected chi connectivity index (χ3v) is 4.58. The highest BCUT2D eigenvalue weighted by atomic mass is 16.5. The summed E-state index contributed by atoms with van der Waals surface area (Å²) in [5.41, 5.74) is 0.910. The summed E-state index contributed by atoms with van der Waals surface area (Å²) >= 11 is 0. The third kappa shape index (κ3) is 9.81. The summed E-state index contributed by atoms with van der Waals surface area (Å²) in [7, 11) is 0. The number of aliphatic hydroxyl groups is 1. The Morgan fingerprint density at radius 1 is 1.08 bits per heavy atom. The zero-order chi connectivity index (χ0) is 19.2. The SMILES string of the molecule is CCCCCCCC(O)CC(=O)CCc1ccc(OCCCC)c(O)c1. The van der Waals surface area contributed by atoms with Crippen LogP contribution in [0.2, 0.25) is 0 Å². The molecule has 0 fully saturated rings. The molecule has 26 heavy (non-hydrogen) atoms. The number of benzene rings is 1. The van der Waals surface area contributed by atoms with E-state index in [9.17, 15) is 15.0 Å². The highest BCUT2D eigenvalue weighted by Gasteiger charge is 2.11. The van der Waals surface area contributed by atoms with Gasteiger partial charge in [0, 0.05) is 12.8 Å². The van der Waals surface area contributed by atoms with Crippen molar-refractivity contribution < 1.29 is 19.7 Å². The Balaban J connectivity index is 2.28. The molecule has 0 saturated carbocycles. The molecule has 0 radical (unpaired) electrons. The third-order valence-electron chi connectivity index (χ3n) is 4.58. The molecular weight excluding hydrogens is 328 g/mol. The maximum Gasteiger partial charge on any atom is 0.160 e. The van der Waals surface area contributed by atoms with Gasteiger partial charge in [-0.1, -0.05) is 58.4 Å². The molecule has 0 saturated heterocycles. The van der Waals surface area contributed by atoms with E-state index in [4.69, 9.17) is 4.74 Å². The fraction of sp³-hybridized carbons (Fsp3) is 0.682. The average Bonchev–Trinajstić information content (AvgIpc) is 2.61. The molecule has 0 aliphatic rings. The summed E-state index contributed by atoms with van der Waals surface area (Å²) in [5.74, 6) is 0.694. The molecule has 0 amide bonds. The zero-order valence-electron chi connectivity index (χ0n) is 16.5. The van der Waals surface area contributed by atoms with Crippen LogP contribution < -0.4 is 4.74 Å². The number of phenolic OH excluding ortho intramolecular Hbond substituents is 1. The minimum Gasteiger partial charge on any atom is -0.504 e. The number of aliphatic hydroxyl groups excluding tert-OH is 1. The summed E-state index contributed by atoms with van der Waals surface area (Å²) in [4.78, 5) is 12.0. The molecule has 0 bridgehead atoms. The number of Topliss-reactive ketones (excluding diaryl/α,β-unsaturated/α-hetero) is 1. The van der Waals surface area contributed by atoms with E-state index in [0.29, 0.717) is 31.6 Å². The molecular formula is C22H36O4. The van der Waals surface area contributed by atoms with Crippen LogP contribution in [-0.4, -0.2) is 28.7 Å². The van der Waals surface area contributed by atoms with E-state index in [1.807, 2.05) is 6.07 Å². The fourth-order valence-electron chi connectivity index (χ4n) is 2.90. The number of rotatable bonds is 15. The first kappa shape index (κ1) is 22.5. The van der Waals surface area contributed by atoms with Crippen LogP contribution in [0.1, 0.15) is 83.6 Å². The van der Waals surface area contributed by atoms with Gasteiger partial charge in [-0.3, -0.25) is 4.79 Å². The molecule has 4 heteroatoms. The Bertz CT molecular complexity index is 513. The summed E-state index contributed by atoms with van der Waals surface area (Å²) in [6, 6.07) is 5.31. The van der Waals surface area contributed by atoms with Crippen molar-refractivity contribution in [1.29, 1.82) is 0 Å². The van der Waals surface area contributed by atoms with Crippen molar-refractivity contribution in [3.8, 4) is 11.5 Å². The van der Waals surface area contributed by atoms with Gasteiger partial charge in [-0.15, -0.1) is 0 Å². The summed E-state index contributed by atoms with van der Waals surface area (Å²) in [6.45, 7) is 4.87. The normalized spacial score (nSPS) is 12.1. The van der Waals surface area contributed by atoms with E-state index in [1.54, 1.807) is 12.1 Å². The topological polar surface area (TPSA) is 66.8 Å². The van der Waals surface area contributed by atoms with Crippen molar-refractivity contribution in [2.24, 2.45) is 0 Å². The van der Waals surface area contributed by atoms with Crippen molar-refractivity contribution in [2.45, 2.75) is 90.6 Å². The fourth-order valence-corrected chi connectivity index (χ4v) is 2.90. The highest BCUT2D eigenvalue weighted by molar-refractivity contribution is 5.79. The molecule has 0 spiro atoms. The number of aryl methyl sites for hydroxylation is 1. The lowest BCUT2D eigenvalue weighted by Crippen LogP contribution is -2.14. The van der Waals surface area contributed by atoms with Gasteiger partial charge in [0.15, 0.2) is 11.5 Å². The predicted molar refractivity (Wildman–Crippen MR) is 106 cm³/mol. The number of ether oxygens (including phenoxy) is 1. The molecule has 4 nitrogen and oxygen atoms in total. The quantitative estimate of drug-likeness (QED) is 0.421. The molecule has 1 rings (SSSR count). The van der Waals surface area contributed by atoms with Crippen LogP contribution in [0.4, 0.5) is 0 Å². The van der Waals surface area contributed by atoms with Crippen LogP contribution in [0.25, 0.3) is 0 Å². The molecule has 148 valence electrons. The Morgan fingerprint density at radius 2 is 1.81 bits per heavy atom. The van der Waals surface area contributed by atoms with Gasteiger partial charge in [0.2, 0.25) is 0 Å². The van der Waals surface area contributed by atoms with Crippen molar-refractivity contribution in [2.75, 3.05) is 6.61 Å². The molecule has 1 aromatic carbocycles. The van der Waals surface area contributed by atoms with Crippen molar-refractivity contribution in [1.82, 2.24) is 0 Å². The molecule has 0 aliphatic heterocycles. The van der Waals surface area contributed by atoms with Gasteiger partial charge < -0.3 is 14.9 Å². The molecule has 0 heterocycles. The Hall–Kier alpha value is -1.55. The van der Waals surface area contributed by atoms with Crippen molar-refractivity contribution >= 4 is 5.78 Å². The number of ketones is 1. The smallest absolute Gasteiger partial charge is 0.160 e. The molecule has 2 N–H and O–H groups in total. The van der Waals surface area contributed by atoms with E-state index in [0.717, 1.165) is 31.2 Å². The second-order valence-corrected chi connectivity index (χ2v) is 7.10. The van der Waals surface area contributed by atoms with Crippen molar-refractivity contribution in [3.05, 3.63) is 23.8 Å². The minimum absolute atomic E-state index is 0.0776. The Labute approximate surface area is 158 Å². The number of hydrogen-bond donors (Lipinski definition) is 2. The van der Waals surface area contributed by atoms with Crippen molar-refractivity contribution in [3.63, 3.8) is 0 Å². The second-order valence-electron chi connectivity index (χ2n) is 7.10.